The average Bonchev–Trinajstić information content (AvgIpc) is 2.52. The summed E-state index contributed by atoms with van der Waals surface area (Å²) < 4.78 is 10.9. The van der Waals surface area contributed by atoms with E-state index in [1.807, 2.05) is 31.2 Å². The maximum absolute atomic E-state index is 11.3. The Morgan fingerprint density at radius 3 is 2.50 bits per heavy atom. The third-order valence-corrected chi connectivity index (χ3v) is 3.70. The van der Waals surface area contributed by atoms with E-state index < -0.39 is 0 Å². The van der Waals surface area contributed by atoms with E-state index in [9.17, 15) is 4.79 Å². The number of ether oxygens (including phenoxy) is 2. The van der Waals surface area contributed by atoms with Crippen LogP contribution in [0.2, 0.25) is 0 Å². The molecule has 0 saturated carbocycles. The summed E-state index contributed by atoms with van der Waals surface area (Å²) in [4.78, 5) is 11.3. The van der Waals surface area contributed by atoms with Crippen LogP contribution in [0.1, 0.15) is 19.4 Å². The van der Waals surface area contributed by atoms with Crippen molar-refractivity contribution in [3.63, 3.8) is 0 Å². The van der Waals surface area contributed by atoms with Crippen LogP contribution in [0.5, 0.6) is 5.75 Å². The minimum Gasteiger partial charge on any atom is -0.426 e. The first kappa shape index (κ1) is 14.5. The zero-order valence-corrected chi connectivity index (χ0v) is 12.8. The van der Waals surface area contributed by atoms with Crippen LogP contribution < -0.4 is 4.74 Å². The van der Waals surface area contributed by atoms with E-state index in [-0.39, 0.29) is 5.97 Å². The molecular formula is C19H18O3. The van der Waals surface area contributed by atoms with Gasteiger partial charge in [0.1, 0.15) is 5.75 Å². The molecule has 112 valence electrons. The molecule has 0 radical (unpaired) electrons. The zero-order chi connectivity index (χ0) is 15.5. The topological polar surface area (TPSA) is 35.5 Å². The van der Waals surface area contributed by atoms with Gasteiger partial charge in [-0.25, -0.2) is 0 Å². The first-order valence-electron chi connectivity index (χ1n) is 7.40. The second-order valence-electron chi connectivity index (χ2n) is 5.15. The van der Waals surface area contributed by atoms with Crippen LogP contribution in [0.4, 0.5) is 0 Å². The van der Waals surface area contributed by atoms with E-state index in [0.29, 0.717) is 19.0 Å². The standard InChI is InChI=1S/C19H18O3/c1-3-21-12-18-17-9-8-14-6-4-5-7-15(14)16(17)10-11-19(18)22-13(2)20/h4-11H,3,12H2,1-2H3. The van der Waals surface area contributed by atoms with Gasteiger partial charge in [-0.05, 0) is 34.5 Å². The van der Waals surface area contributed by atoms with Crippen LogP contribution in [0.3, 0.4) is 0 Å². The number of hydrogen-bond donors (Lipinski definition) is 0. The van der Waals surface area contributed by atoms with Gasteiger partial charge in [0.2, 0.25) is 0 Å². The molecule has 3 aromatic rings. The summed E-state index contributed by atoms with van der Waals surface area (Å²) >= 11 is 0. The van der Waals surface area contributed by atoms with Crippen LogP contribution in [0, 0.1) is 0 Å². The first-order chi connectivity index (χ1) is 10.7. The summed E-state index contributed by atoms with van der Waals surface area (Å²) in [5, 5.41) is 4.58. The van der Waals surface area contributed by atoms with Crippen LogP contribution >= 0.6 is 0 Å². The van der Waals surface area contributed by atoms with Crippen molar-refractivity contribution in [2.45, 2.75) is 20.5 Å². The van der Waals surface area contributed by atoms with E-state index in [1.54, 1.807) is 0 Å². The highest BCUT2D eigenvalue weighted by atomic mass is 16.5. The Hall–Kier alpha value is -2.39. The van der Waals surface area contributed by atoms with E-state index in [1.165, 1.54) is 17.7 Å². The molecule has 0 N–H and O–H groups in total. The largest absolute Gasteiger partial charge is 0.426 e. The number of esters is 1. The molecule has 0 aromatic heterocycles. The Bertz CT molecular complexity index is 837. The lowest BCUT2D eigenvalue weighted by Crippen LogP contribution is -2.05. The molecule has 0 aliphatic rings. The maximum Gasteiger partial charge on any atom is 0.308 e. The molecule has 3 aromatic carbocycles. The molecule has 0 spiro atoms. The van der Waals surface area contributed by atoms with E-state index in [4.69, 9.17) is 9.47 Å². The number of rotatable bonds is 4. The summed E-state index contributed by atoms with van der Waals surface area (Å²) in [7, 11) is 0. The lowest BCUT2D eigenvalue weighted by Gasteiger charge is -2.14. The fraction of sp³-hybridized carbons (Fsp3) is 0.211. The van der Waals surface area contributed by atoms with Gasteiger partial charge < -0.3 is 9.47 Å². The third kappa shape index (κ3) is 2.68. The Kier molecular flexibility index (Phi) is 4.07. The second kappa shape index (κ2) is 6.16. The van der Waals surface area contributed by atoms with Gasteiger partial charge in [0.25, 0.3) is 0 Å². The molecule has 0 heterocycles. The van der Waals surface area contributed by atoms with Crippen molar-refractivity contribution in [3.8, 4) is 5.75 Å². The number of fused-ring (bicyclic) bond motifs is 3. The number of carbonyl (C=O) groups excluding carboxylic acids is 1. The molecule has 0 atom stereocenters. The number of benzene rings is 3. The predicted molar refractivity (Wildman–Crippen MR) is 88.1 cm³/mol. The zero-order valence-electron chi connectivity index (χ0n) is 12.8. The third-order valence-electron chi connectivity index (χ3n) is 3.70. The fourth-order valence-electron chi connectivity index (χ4n) is 2.73. The van der Waals surface area contributed by atoms with Crippen LogP contribution in [-0.2, 0) is 16.1 Å². The summed E-state index contributed by atoms with van der Waals surface area (Å²) in [5.41, 5.74) is 0.917. The van der Waals surface area contributed by atoms with Crippen molar-refractivity contribution >= 4 is 27.5 Å². The van der Waals surface area contributed by atoms with Crippen molar-refractivity contribution in [2.24, 2.45) is 0 Å². The molecular weight excluding hydrogens is 276 g/mol. The Morgan fingerprint density at radius 2 is 1.73 bits per heavy atom. The Balaban J connectivity index is 2.26. The quantitative estimate of drug-likeness (QED) is 0.405. The molecule has 0 fully saturated rings. The van der Waals surface area contributed by atoms with Gasteiger partial charge in [0.05, 0.1) is 6.61 Å². The van der Waals surface area contributed by atoms with Gasteiger partial charge >= 0.3 is 5.97 Å². The SMILES string of the molecule is CCOCc1c(OC(C)=O)ccc2c1ccc1ccccc12. The minimum absolute atomic E-state index is 0.321. The second-order valence-corrected chi connectivity index (χ2v) is 5.15. The Morgan fingerprint density at radius 1 is 0.955 bits per heavy atom. The molecule has 0 unspecified atom stereocenters. The van der Waals surface area contributed by atoms with Gasteiger partial charge in [0, 0.05) is 19.1 Å². The molecule has 0 amide bonds. The molecule has 0 aliphatic heterocycles. The molecule has 0 aliphatic carbocycles. The van der Waals surface area contributed by atoms with Crippen molar-refractivity contribution in [2.75, 3.05) is 6.61 Å². The highest BCUT2D eigenvalue weighted by molar-refractivity contribution is 6.09. The lowest BCUT2D eigenvalue weighted by molar-refractivity contribution is -0.131. The van der Waals surface area contributed by atoms with Gasteiger partial charge in [-0.2, -0.15) is 0 Å². The van der Waals surface area contributed by atoms with Crippen LogP contribution in [-0.4, -0.2) is 12.6 Å². The lowest BCUT2D eigenvalue weighted by atomic mass is 9.98. The molecule has 3 heteroatoms. The van der Waals surface area contributed by atoms with Crippen molar-refractivity contribution in [1.82, 2.24) is 0 Å². The van der Waals surface area contributed by atoms with Crippen molar-refractivity contribution in [1.29, 1.82) is 0 Å². The molecule has 0 saturated heterocycles. The molecule has 0 bridgehead atoms. The molecule has 3 rings (SSSR count). The fourth-order valence-corrected chi connectivity index (χ4v) is 2.73. The van der Waals surface area contributed by atoms with E-state index in [2.05, 4.69) is 24.3 Å². The maximum atomic E-state index is 11.3. The summed E-state index contributed by atoms with van der Waals surface area (Å²) in [6, 6.07) is 16.3. The average molecular weight is 294 g/mol. The van der Waals surface area contributed by atoms with Crippen LogP contribution in [0.15, 0.2) is 48.5 Å². The first-order valence-corrected chi connectivity index (χ1v) is 7.40. The normalized spacial score (nSPS) is 11.0. The number of carbonyl (C=O) groups is 1. The van der Waals surface area contributed by atoms with Crippen LogP contribution in [0.25, 0.3) is 21.5 Å². The molecule has 22 heavy (non-hydrogen) atoms. The van der Waals surface area contributed by atoms with E-state index in [0.717, 1.165) is 16.3 Å². The monoisotopic (exact) mass is 294 g/mol. The summed E-state index contributed by atoms with van der Waals surface area (Å²) in [6.45, 7) is 4.40. The minimum atomic E-state index is -0.321. The summed E-state index contributed by atoms with van der Waals surface area (Å²) in [6.07, 6.45) is 0. The van der Waals surface area contributed by atoms with Gasteiger partial charge in [-0.3, -0.25) is 4.79 Å². The smallest absolute Gasteiger partial charge is 0.308 e. The van der Waals surface area contributed by atoms with E-state index >= 15 is 0 Å². The highest BCUT2D eigenvalue weighted by Crippen LogP contribution is 2.33. The van der Waals surface area contributed by atoms with Gasteiger partial charge in [-0.15, -0.1) is 0 Å². The van der Waals surface area contributed by atoms with Crippen molar-refractivity contribution < 1.29 is 14.3 Å². The predicted octanol–water partition coefficient (Wildman–Crippen LogP) is 4.45. The number of hydrogen-bond acceptors (Lipinski definition) is 3. The van der Waals surface area contributed by atoms with Crippen molar-refractivity contribution in [3.05, 3.63) is 54.1 Å². The summed E-state index contributed by atoms with van der Waals surface area (Å²) in [5.74, 6) is 0.251. The highest BCUT2D eigenvalue weighted by Gasteiger charge is 2.12. The van der Waals surface area contributed by atoms with Gasteiger partial charge in [-0.1, -0.05) is 42.5 Å². The molecule has 3 nitrogen and oxygen atoms in total. The van der Waals surface area contributed by atoms with Gasteiger partial charge in [0.15, 0.2) is 0 Å². The Labute approximate surface area is 129 Å².